The van der Waals surface area contributed by atoms with Gasteiger partial charge >= 0.3 is 0 Å². The number of thiazole rings is 1. The number of benzene rings is 3. The molecule has 1 fully saturated rings. The predicted octanol–water partition coefficient (Wildman–Crippen LogP) is 4.95. The topological polar surface area (TPSA) is 89.0 Å². The van der Waals surface area contributed by atoms with Gasteiger partial charge in [-0.05, 0) is 54.8 Å². The number of carbonyl (C=O) groups is 1. The molecule has 1 saturated heterocycles. The second-order valence-corrected chi connectivity index (χ2v) is 12.2. The molecular weight excluding hydrogens is 522 g/mol. The molecule has 1 aliphatic rings. The summed E-state index contributed by atoms with van der Waals surface area (Å²) in [6, 6.07) is 21.1. The lowest BCUT2D eigenvalue weighted by Crippen LogP contribution is -2.37. The summed E-state index contributed by atoms with van der Waals surface area (Å²) in [6.07, 6.45) is 1.74. The summed E-state index contributed by atoms with van der Waals surface area (Å²) in [5.74, 6) is 0.438. The third-order valence-electron chi connectivity index (χ3n) is 6.53. The van der Waals surface area contributed by atoms with Crippen molar-refractivity contribution >= 4 is 42.6 Å². The number of carbonyl (C=O) groups excluding carboxylic acids is 1. The maximum absolute atomic E-state index is 13.7. The van der Waals surface area contributed by atoms with Crippen LogP contribution in [-0.2, 0) is 21.3 Å². The van der Waals surface area contributed by atoms with Crippen molar-refractivity contribution in [2.24, 2.45) is 0 Å². The number of rotatable bonds is 9. The summed E-state index contributed by atoms with van der Waals surface area (Å²) in [5.41, 5.74) is 2.02. The highest BCUT2D eigenvalue weighted by molar-refractivity contribution is 7.89. The molecule has 0 saturated carbocycles. The molecule has 1 aliphatic heterocycles. The number of hydrogen-bond donors (Lipinski definition) is 0. The Morgan fingerprint density at radius 1 is 1.11 bits per heavy atom. The summed E-state index contributed by atoms with van der Waals surface area (Å²) in [4.78, 5) is 20.2. The fraction of sp³-hybridized carbons (Fsp3) is 0.286. The predicted molar refractivity (Wildman–Crippen MR) is 148 cm³/mol. The van der Waals surface area contributed by atoms with E-state index in [-0.39, 0.29) is 23.5 Å². The molecule has 0 spiro atoms. The number of hydrogen-bond acceptors (Lipinski definition) is 7. The van der Waals surface area contributed by atoms with Crippen molar-refractivity contribution in [3.8, 4) is 5.75 Å². The summed E-state index contributed by atoms with van der Waals surface area (Å²) in [5, 5.41) is 0.563. The second-order valence-electron chi connectivity index (χ2n) is 9.15. The van der Waals surface area contributed by atoms with Crippen LogP contribution in [0.2, 0.25) is 0 Å². The molecule has 10 heteroatoms. The highest BCUT2D eigenvalue weighted by Crippen LogP contribution is 2.33. The van der Waals surface area contributed by atoms with Crippen LogP contribution in [0.3, 0.4) is 0 Å². The first-order valence-corrected chi connectivity index (χ1v) is 14.6. The van der Waals surface area contributed by atoms with Crippen LogP contribution < -0.4 is 9.64 Å². The third kappa shape index (κ3) is 5.58. The van der Waals surface area contributed by atoms with E-state index in [0.29, 0.717) is 29.6 Å². The molecule has 5 rings (SSSR count). The zero-order chi connectivity index (χ0) is 26.7. The van der Waals surface area contributed by atoms with Crippen LogP contribution in [0.5, 0.6) is 5.75 Å². The maximum atomic E-state index is 13.7. The van der Waals surface area contributed by atoms with Gasteiger partial charge in [-0.25, -0.2) is 13.4 Å². The zero-order valence-electron chi connectivity index (χ0n) is 21.2. The van der Waals surface area contributed by atoms with E-state index in [1.54, 1.807) is 31.2 Å². The average molecular weight is 552 g/mol. The fourth-order valence-corrected chi connectivity index (χ4v) is 6.52. The Morgan fingerprint density at radius 3 is 2.55 bits per heavy atom. The molecule has 2 heterocycles. The minimum Gasteiger partial charge on any atom is -0.497 e. The van der Waals surface area contributed by atoms with Crippen molar-refractivity contribution in [1.82, 2.24) is 9.29 Å². The molecule has 198 valence electrons. The van der Waals surface area contributed by atoms with Gasteiger partial charge in [-0.1, -0.05) is 41.7 Å². The van der Waals surface area contributed by atoms with Gasteiger partial charge in [0.1, 0.15) is 5.75 Å². The number of nitrogens with zero attached hydrogens (tertiary/aromatic N) is 3. The summed E-state index contributed by atoms with van der Waals surface area (Å²) in [6.45, 7) is 1.30. The number of anilines is 1. The molecule has 0 radical (unpaired) electrons. The zero-order valence-corrected chi connectivity index (χ0v) is 22.9. The molecule has 38 heavy (non-hydrogen) atoms. The molecule has 3 aromatic carbocycles. The van der Waals surface area contributed by atoms with Crippen molar-refractivity contribution < 1.29 is 22.7 Å². The average Bonchev–Trinajstić information content (AvgIpc) is 3.61. The van der Waals surface area contributed by atoms with Gasteiger partial charge in [0.25, 0.3) is 5.91 Å². The summed E-state index contributed by atoms with van der Waals surface area (Å²) in [7, 11) is -0.578. The minimum atomic E-state index is -3.73. The van der Waals surface area contributed by atoms with Gasteiger partial charge in [-0.15, -0.1) is 0 Å². The van der Waals surface area contributed by atoms with Crippen LogP contribution in [0.4, 0.5) is 5.13 Å². The number of ether oxygens (including phenoxy) is 2. The van der Waals surface area contributed by atoms with Crippen molar-refractivity contribution in [2.45, 2.75) is 30.4 Å². The van der Waals surface area contributed by atoms with E-state index in [1.165, 1.54) is 27.8 Å². The molecule has 0 N–H and O–H groups in total. The molecule has 0 aliphatic carbocycles. The first-order chi connectivity index (χ1) is 18.3. The van der Waals surface area contributed by atoms with Gasteiger partial charge in [-0.2, -0.15) is 4.31 Å². The monoisotopic (exact) mass is 551 g/mol. The van der Waals surface area contributed by atoms with Gasteiger partial charge in [0, 0.05) is 31.8 Å². The number of fused-ring (bicyclic) bond motifs is 1. The highest BCUT2D eigenvalue weighted by Gasteiger charge is 2.28. The van der Waals surface area contributed by atoms with Crippen LogP contribution >= 0.6 is 11.3 Å². The van der Waals surface area contributed by atoms with Crippen LogP contribution in [0.15, 0.2) is 77.7 Å². The Morgan fingerprint density at radius 2 is 1.87 bits per heavy atom. The molecule has 8 nitrogen and oxygen atoms in total. The normalized spacial score (nSPS) is 15.7. The van der Waals surface area contributed by atoms with Gasteiger partial charge in [0.15, 0.2) is 5.13 Å². The summed E-state index contributed by atoms with van der Waals surface area (Å²) >= 11 is 1.42. The Hall–Kier alpha value is -3.31. The molecule has 1 atom stereocenters. The first kappa shape index (κ1) is 26.3. The fourth-order valence-electron chi connectivity index (χ4n) is 4.41. The number of amides is 1. The SMILES string of the molecule is COc1ccc2sc(N(CC3CCCO3)C(=O)c3ccc(S(=O)(=O)N(C)Cc4ccccc4)cc3)nc2c1. The van der Waals surface area contributed by atoms with E-state index in [2.05, 4.69) is 0 Å². The molecule has 0 bridgehead atoms. The lowest BCUT2D eigenvalue weighted by molar-refractivity contribution is 0.0917. The molecule has 1 amide bonds. The van der Waals surface area contributed by atoms with E-state index in [4.69, 9.17) is 14.5 Å². The first-order valence-electron chi connectivity index (χ1n) is 12.3. The van der Waals surface area contributed by atoms with Crippen molar-refractivity contribution in [3.63, 3.8) is 0 Å². The van der Waals surface area contributed by atoms with E-state index >= 15 is 0 Å². The van der Waals surface area contributed by atoms with Gasteiger partial charge < -0.3 is 9.47 Å². The van der Waals surface area contributed by atoms with E-state index in [9.17, 15) is 13.2 Å². The lowest BCUT2D eigenvalue weighted by atomic mass is 10.2. The Kier molecular flexibility index (Phi) is 7.75. The largest absolute Gasteiger partial charge is 0.497 e. The highest BCUT2D eigenvalue weighted by atomic mass is 32.2. The van der Waals surface area contributed by atoms with Crippen LogP contribution in [0.25, 0.3) is 10.2 Å². The van der Waals surface area contributed by atoms with Crippen molar-refractivity contribution in [3.05, 3.63) is 83.9 Å². The van der Waals surface area contributed by atoms with Gasteiger partial charge in [0.2, 0.25) is 10.0 Å². The maximum Gasteiger partial charge on any atom is 0.260 e. The lowest BCUT2D eigenvalue weighted by Gasteiger charge is -2.23. The van der Waals surface area contributed by atoms with Crippen LogP contribution in [0.1, 0.15) is 28.8 Å². The van der Waals surface area contributed by atoms with E-state index in [0.717, 1.165) is 28.6 Å². The third-order valence-corrected chi connectivity index (χ3v) is 9.40. The number of aromatic nitrogens is 1. The van der Waals surface area contributed by atoms with Crippen molar-refractivity contribution in [2.75, 3.05) is 32.2 Å². The van der Waals surface area contributed by atoms with Crippen LogP contribution in [0, 0.1) is 0 Å². The number of methoxy groups -OCH3 is 1. The van der Waals surface area contributed by atoms with Crippen molar-refractivity contribution in [1.29, 1.82) is 0 Å². The molecular formula is C28H29N3O5S2. The second kappa shape index (κ2) is 11.2. The molecule has 4 aromatic rings. The Bertz CT molecular complexity index is 1520. The minimum absolute atomic E-state index is 0.0771. The smallest absolute Gasteiger partial charge is 0.260 e. The molecule has 1 aromatic heterocycles. The van der Waals surface area contributed by atoms with Crippen LogP contribution in [-0.4, -0.2) is 57.0 Å². The molecule has 1 unspecified atom stereocenters. The summed E-state index contributed by atoms with van der Waals surface area (Å²) < 4.78 is 39.7. The Balaban J connectivity index is 1.40. The quantitative estimate of drug-likeness (QED) is 0.292. The van der Waals surface area contributed by atoms with E-state index < -0.39 is 10.0 Å². The van der Waals surface area contributed by atoms with Gasteiger partial charge in [-0.3, -0.25) is 9.69 Å². The van der Waals surface area contributed by atoms with Gasteiger partial charge in [0.05, 0.1) is 34.9 Å². The standard InChI is InChI=1S/C28H29N3O5S2/c1-30(18-20-7-4-3-5-8-20)38(33,34)24-13-10-21(11-14-24)27(32)31(19-23-9-6-16-36-23)28-29-25-17-22(35-2)12-15-26(25)37-28/h3-5,7-8,10-15,17,23H,6,9,16,18-19H2,1-2H3. The van der Waals surface area contributed by atoms with E-state index in [1.807, 2.05) is 48.5 Å². The Labute approximate surface area is 226 Å². The number of sulfonamides is 1.